The molecule has 0 aliphatic carbocycles. The first kappa shape index (κ1) is 10.3. The topological polar surface area (TPSA) is 98.7 Å². The first-order chi connectivity index (χ1) is 7.59. The minimum atomic E-state index is -0.488. The summed E-state index contributed by atoms with van der Waals surface area (Å²) in [6.07, 6.45) is 3.06. The van der Waals surface area contributed by atoms with Gasteiger partial charge < -0.3 is 11.1 Å². The fourth-order valence-corrected chi connectivity index (χ4v) is 1.35. The van der Waals surface area contributed by atoms with Gasteiger partial charge in [-0.15, -0.1) is 0 Å². The molecule has 0 saturated carbocycles. The molecule has 0 radical (unpaired) electrons. The number of rotatable bonds is 3. The van der Waals surface area contributed by atoms with E-state index in [4.69, 9.17) is 5.73 Å². The van der Waals surface area contributed by atoms with Crippen molar-refractivity contribution in [2.45, 2.75) is 13.0 Å². The van der Waals surface area contributed by atoms with Crippen molar-refractivity contribution >= 4 is 22.8 Å². The second-order valence-corrected chi connectivity index (χ2v) is 3.50. The van der Waals surface area contributed by atoms with Crippen LogP contribution in [0.25, 0.3) is 11.0 Å². The summed E-state index contributed by atoms with van der Waals surface area (Å²) in [6, 6.07) is -0.488. The Morgan fingerprint density at radius 3 is 3.00 bits per heavy atom. The molecule has 2 aromatic heterocycles. The van der Waals surface area contributed by atoms with Crippen LogP contribution in [0.1, 0.15) is 6.92 Å². The number of aryl methyl sites for hydroxylation is 1. The molecule has 2 aromatic rings. The van der Waals surface area contributed by atoms with E-state index in [1.807, 2.05) is 0 Å². The first-order valence-electron chi connectivity index (χ1n) is 4.78. The lowest BCUT2D eigenvalue weighted by atomic mass is 10.3. The Kier molecular flexibility index (Phi) is 2.43. The maximum Gasteiger partial charge on any atom is 0.239 e. The third-order valence-electron chi connectivity index (χ3n) is 2.31. The number of carbonyl (C=O) groups excluding carboxylic acids is 1. The van der Waals surface area contributed by atoms with Gasteiger partial charge in [-0.3, -0.25) is 9.48 Å². The molecule has 0 saturated heterocycles. The molecule has 1 amide bonds. The van der Waals surface area contributed by atoms with Gasteiger partial charge >= 0.3 is 0 Å². The van der Waals surface area contributed by atoms with Gasteiger partial charge in [0, 0.05) is 7.05 Å². The highest BCUT2D eigenvalue weighted by Gasteiger charge is 2.12. The molecule has 2 heterocycles. The number of hydrogen-bond acceptors (Lipinski definition) is 5. The van der Waals surface area contributed by atoms with Gasteiger partial charge in [0.1, 0.15) is 18.2 Å². The molecule has 0 bridgehead atoms. The Balaban J connectivity index is 2.41. The van der Waals surface area contributed by atoms with Gasteiger partial charge in [-0.05, 0) is 6.92 Å². The molecule has 0 aliphatic rings. The molecule has 1 unspecified atom stereocenters. The van der Waals surface area contributed by atoms with Crippen molar-refractivity contribution in [2.24, 2.45) is 12.8 Å². The van der Waals surface area contributed by atoms with Crippen molar-refractivity contribution in [1.82, 2.24) is 19.7 Å². The predicted molar refractivity (Wildman–Crippen MR) is 58.6 cm³/mol. The summed E-state index contributed by atoms with van der Waals surface area (Å²) in [5.74, 6) is 0.125. The summed E-state index contributed by atoms with van der Waals surface area (Å²) in [5.41, 5.74) is 5.87. The molecule has 0 fully saturated rings. The third kappa shape index (κ3) is 1.67. The molecule has 16 heavy (non-hydrogen) atoms. The molecule has 7 nitrogen and oxygen atoms in total. The van der Waals surface area contributed by atoms with Crippen LogP contribution in [0.2, 0.25) is 0 Å². The van der Waals surface area contributed by atoms with E-state index in [0.29, 0.717) is 11.5 Å². The summed E-state index contributed by atoms with van der Waals surface area (Å²) in [5, 5.41) is 7.75. The molecule has 7 heteroatoms. The van der Waals surface area contributed by atoms with E-state index in [1.54, 1.807) is 24.9 Å². The number of aromatic nitrogens is 4. The highest BCUT2D eigenvalue weighted by atomic mass is 16.1. The SMILES string of the molecule is CC(Nc1ncnc2c1cnn2C)C(N)=O. The molecular weight excluding hydrogens is 208 g/mol. The second-order valence-electron chi connectivity index (χ2n) is 3.50. The summed E-state index contributed by atoms with van der Waals surface area (Å²) >= 11 is 0. The smallest absolute Gasteiger partial charge is 0.239 e. The Labute approximate surface area is 91.7 Å². The lowest BCUT2D eigenvalue weighted by molar-refractivity contribution is -0.118. The van der Waals surface area contributed by atoms with Crippen molar-refractivity contribution in [2.75, 3.05) is 5.32 Å². The first-order valence-corrected chi connectivity index (χ1v) is 4.78. The number of nitrogens with zero attached hydrogens (tertiary/aromatic N) is 4. The van der Waals surface area contributed by atoms with E-state index in [-0.39, 0.29) is 0 Å². The second kappa shape index (κ2) is 3.76. The normalized spacial score (nSPS) is 12.6. The minimum absolute atomic E-state index is 0.435. The molecule has 84 valence electrons. The number of nitrogens with two attached hydrogens (primary N) is 1. The van der Waals surface area contributed by atoms with Gasteiger partial charge in [-0.25, -0.2) is 9.97 Å². The molecule has 0 aliphatic heterocycles. The fourth-order valence-electron chi connectivity index (χ4n) is 1.35. The number of amides is 1. The van der Waals surface area contributed by atoms with E-state index in [1.165, 1.54) is 6.33 Å². The van der Waals surface area contributed by atoms with Crippen LogP contribution in [0.5, 0.6) is 0 Å². The van der Waals surface area contributed by atoms with Crippen molar-refractivity contribution in [3.63, 3.8) is 0 Å². The zero-order chi connectivity index (χ0) is 11.7. The standard InChI is InChI=1S/C9H12N6O/c1-5(7(10)16)14-8-6-3-13-15(2)9(6)12-4-11-8/h3-5H,1-2H3,(H2,10,16)(H,11,12,14). The number of hydrogen-bond donors (Lipinski definition) is 2. The van der Waals surface area contributed by atoms with Crippen LogP contribution in [0.15, 0.2) is 12.5 Å². The molecule has 3 N–H and O–H groups in total. The number of carbonyl (C=O) groups is 1. The van der Waals surface area contributed by atoms with E-state index < -0.39 is 11.9 Å². The van der Waals surface area contributed by atoms with Crippen LogP contribution in [-0.2, 0) is 11.8 Å². The van der Waals surface area contributed by atoms with Gasteiger partial charge in [-0.2, -0.15) is 5.10 Å². The number of nitrogens with one attached hydrogen (secondary N) is 1. The van der Waals surface area contributed by atoms with Gasteiger partial charge in [0.25, 0.3) is 0 Å². The molecule has 2 rings (SSSR count). The maximum absolute atomic E-state index is 10.9. The average Bonchev–Trinajstić information content (AvgIpc) is 2.62. The number of fused-ring (bicyclic) bond motifs is 1. The van der Waals surface area contributed by atoms with Crippen molar-refractivity contribution in [3.8, 4) is 0 Å². The zero-order valence-corrected chi connectivity index (χ0v) is 9.01. The molecule has 0 spiro atoms. The van der Waals surface area contributed by atoms with Crippen LogP contribution >= 0.6 is 0 Å². The summed E-state index contributed by atoms with van der Waals surface area (Å²) in [6.45, 7) is 1.67. The maximum atomic E-state index is 10.9. The van der Waals surface area contributed by atoms with Crippen LogP contribution < -0.4 is 11.1 Å². The Hall–Kier alpha value is -2.18. The van der Waals surface area contributed by atoms with Crippen LogP contribution in [0.4, 0.5) is 5.82 Å². The van der Waals surface area contributed by atoms with Crippen molar-refractivity contribution < 1.29 is 4.79 Å². The van der Waals surface area contributed by atoms with Crippen molar-refractivity contribution in [1.29, 1.82) is 0 Å². The molecular formula is C9H12N6O. The molecule has 1 atom stereocenters. The van der Waals surface area contributed by atoms with E-state index >= 15 is 0 Å². The third-order valence-corrected chi connectivity index (χ3v) is 2.31. The highest BCUT2D eigenvalue weighted by Crippen LogP contribution is 2.18. The van der Waals surface area contributed by atoms with E-state index in [2.05, 4.69) is 20.4 Å². The van der Waals surface area contributed by atoms with Gasteiger partial charge in [0.05, 0.1) is 11.6 Å². The van der Waals surface area contributed by atoms with Gasteiger partial charge in [-0.1, -0.05) is 0 Å². The van der Waals surface area contributed by atoms with Crippen LogP contribution in [-0.4, -0.2) is 31.7 Å². The van der Waals surface area contributed by atoms with Gasteiger partial charge in [0.15, 0.2) is 5.65 Å². The summed E-state index contributed by atoms with van der Waals surface area (Å²) in [4.78, 5) is 19.1. The largest absolute Gasteiger partial charge is 0.368 e. The average molecular weight is 220 g/mol. The lowest BCUT2D eigenvalue weighted by Crippen LogP contribution is -2.32. The van der Waals surface area contributed by atoms with Crippen molar-refractivity contribution in [3.05, 3.63) is 12.5 Å². The van der Waals surface area contributed by atoms with E-state index in [0.717, 1.165) is 5.39 Å². The summed E-state index contributed by atoms with van der Waals surface area (Å²) < 4.78 is 1.64. The Bertz CT molecular complexity index is 534. The zero-order valence-electron chi connectivity index (χ0n) is 9.01. The van der Waals surface area contributed by atoms with Crippen LogP contribution in [0, 0.1) is 0 Å². The Morgan fingerprint density at radius 2 is 2.31 bits per heavy atom. The highest BCUT2D eigenvalue weighted by molar-refractivity contribution is 5.89. The summed E-state index contributed by atoms with van der Waals surface area (Å²) in [7, 11) is 1.79. The van der Waals surface area contributed by atoms with Gasteiger partial charge in [0.2, 0.25) is 5.91 Å². The molecule has 0 aromatic carbocycles. The number of primary amides is 1. The lowest BCUT2D eigenvalue weighted by Gasteiger charge is -2.10. The van der Waals surface area contributed by atoms with Crippen LogP contribution in [0.3, 0.4) is 0 Å². The minimum Gasteiger partial charge on any atom is -0.368 e. The number of anilines is 1. The Morgan fingerprint density at radius 1 is 1.56 bits per heavy atom. The monoisotopic (exact) mass is 220 g/mol. The van der Waals surface area contributed by atoms with E-state index in [9.17, 15) is 4.79 Å². The predicted octanol–water partition coefficient (Wildman–Crippen LogP) is -0.351. The fraction of sp³-hybridized carbons (Fsp3) is 0.333. The quantitative estimate of drug-likeness (QED) is 0.736.